The van der Waals surface area contributed by atoms with Crippen LogP contribution in [0.15, 0.2) is 11.6 Å². The molecule has 26 heavy (non-hydrogen) atoms. The summed E-state index contributed by atoms with van der Waals surface area (Å²) in [5, 5.41) is 21.2. The van der Waals surface area contributed by atoms with Crippen molar-refractivity contribution in [3.63, 3.8) is 0 Å². The van der Waals surface area contributed by atoms with Gasteiger partial charge in [0.15, 0.2) is 0 Å². The van der Waals surface area contributed by atoms with Crippen molar-refractivity contribution < 1.29 is 15.0 Å². The van der Waals surface area contributed by atoms with Gasteiger partial charge in [-0.25, -0.2) is 0 Å². The van der Waals surface area contributed by atoms with E-state index in [9.17, 15) is 15.0 Å². The molecule has 0 aromatic heterocycles. The van der Waals surface area contributed by atoms with Crippen LogP contribution in [0.5, 0.6) is 0 Å². The summed E-state index contributed by atoms with van der Waals surface area (Å²) in [4.78, 5) is 10.6. The Morgan fingerprint density at radius 2 is 1.96 bits per heavy atom. The van der Waals surface area contributed by atoms with Crippen LogP contribution in [0.25, 0.3) is 0 Å². The molecule has 5 atom stereocenters. The predicted octanol–water partition coefficient (Wildman–Crippen LogP) is 4.02. The van der Waals surface area contributed by atoms with E-state index < -0.39 is 5.60 Å². The van der Waals surface area contributed by atoms with E-state index >= 15 is 0 Å². The third-order valence-electron chi connectivity index (χ3n) is 6.96. The third kappa shape index (κ3) is 4.07. The molecule has 144 valence electrons. The van der Waals surface area contributed by atoms with Gasteiger partial charge in [-0.1, -0.05) is 49.7 Å². The zero-order valence-corrected chi connectivity index (χ0v) is 16.1. The molecule has 3 rings (SSSR count). The molecule has 0 aromatic carbocycles. The summed E-state index contributed by atoms with van der Waals surface area (Å²) in [6.45, 7) is 2.21. The van der Waals surface area contributed by atoms with Crippen LogP contribution in [0.4, 0.5) is 0 Å². The van der Waals surface area contributed by atoms with Gasteiger partial charge in [0.2, 0.25) is 0 Å². The number of carbonyl (C=O) groups excluding carboxylic acids is 1. The van der Waals surface area contributed by atoms with E-state index in [0.717, 1.165) is 57.7 Å². The maximum atomic E-state index is 10.7. The van der Waals surface area contributed by atoms with Gasteiger partial charge in [0.1, 0.15) is 6.29 Å². The van der Waals surface area contributed by atoms with E-state index in [2.05, 4.69) is 24.8 Å². The lowest BCUT2D eigenvalue weighted by Gasteiger charge is -2.54. The molecule has 3 aliphatic carbocycles. The summed E-state index contributed by atoms with van der Waals surface area (Å²) in [7, 11) is 0. The minimum atomic E-state index is -0.603. The zero-order valence-electron chi connectivity index (χ0n) is 16.1. The molecule has 0 aromatic rings. The maximum Gasteiger partial charge on any atom is 0.120 e. The fraction of sp³-hybridized carbons (Fsp3) is 0.783. The lowest BCUT2D eigenvalue weighted by molar-refractivity contribution is -0.107. The molecule has 0 amide bonds. The highest BCUT2D eigenvalue weighted by atomic mass is 16.3. The highest BCUT2D eigenvalue weighted by Gasteiger charge is 2.52. The second-order valence-electron chi connectivity index (χ2n) is 8.60. The predicted molar refractivity (Wildman–Crippen MR) is 103 cm³/mol. The quantitative estimate of drug-likeness (QED) is 0.338. The Morgan fingerprint density at radius 3 is 2.65 bits per heavy atom. The molecule has 2 N–H and O–H groups in total. The van der Waals surface area contributed by atoms with Crippen molar-refractivity contribution in [3.05, 3.63) is 11.6 Å². The normalized spacial score (nSPS) is 37.2. The number of carbonyl (C=O) groups is 1. The van der Waals surface area contributed by atoms with E-state index in [-0.39, 0.29) is 12.0 Å². The summed E-state index contributed by atoms with van der Waals surface area (Å²) in [5.74, 6) is 8.16. The van der Waals surface area contributed by atoms with Crippen LogP contribution in [0.3, 0.4) is 0 Å². The summed E-state index contributed by atoms with van der Waals surface area (Å²) < 4.78 is 0. The molecule has 3 fully saturated rings. The number of aliphatic hydroxyl groups is 2. The van der Waals surface area contributed by atoms with E-state index in [1.54, 1.807) is 0 Å². The first kappa shape index (κ1) is 19.6. The average Bonchev–Trinajstić information content (AvgIpc) is 2.62. The van der Waals surface area contributed by atoms with Gasteiger partial charge in [-0.05, 0) is 56.3 Å². The number of fused-ring (bicyclic) bond motifs is 1. The number of aldehydes is 1. The van der Waals surface area contributed by atoms with Crippen molar-refractivity contribution in [1.82, 2.24) is 0 Å². The van der Waals surface area contributed by atoms with Gasteiger partial charge >= 0.3 is 0 Å². The first-order chi connectivity index (χ1) is 12.6. The monoisotopic (exact) mass is 358 g/mol. The van der Waals surface area contributed by atoms with Gasteiger partial charge in [-0.3, -0.25) is 0 Å². The van der Waals surface area contributed by atoms with Gasteiger partial charge in [0.25, 0.3) is 0 Å². The molecule has 3 saturated carbocycles. The van der Waals surface area contributed by atoms with E-state index in [1.165, 1.54) is 12.0 Å². The molecular formula is C23H34O3. The van der Waals surface area contributed by atoms with Gasteiger partial charge in [-0.2, -0.15) is 0 Å². The van der Waals surface area contributed by atoms with Crippen molar-refractivity contribution in [2.75, 3.05) is 0 Å². The summed E-state index contributed by atoms with van der Waals surface area (Å²) in [6.07, 6.45) is 13.0. The van der Waals surface area contributed by atoms with Crippen LogP contribution < -0.4 is 0 Å². The van der Waals surface area contributed by atoms with Gasteiger partial charge in [0, 0.05) is 12.8 Å². The molecule has 3 heteroatoms. The SMILES string of the molecule is CCC1/C(=C/CCC=O)C2CCC(O)C(C#CCC3(O)CCCCC3)C12. The molecule has 0 radical (unpaired) electrons. The molecular weight excluding hydrogens is 324 g/mol. The second-order valence-corrected chi connectivity index (χ2v) is 8.60. The van der Waals surface area contributed by atoms with Crippen molar-refractivity contribution >= 4 is 6.29 Å². The largest absolute Gasteiger partial charge is 0.392 e. The summed E-state index contributed by atoms with van der Waals surface area (Å²) >= 11 is 0. The molecule has 0 aliphatic heterocycles. The topological polar surface area (TPSA) is 57.5 Å². The molecule has 0 heterocycles. The third-order valence-corrected chi connectivity index (χ3v) is 6.96. The molecule has 0 spiro atoms. The zero-order chi connectivity index (χ0) is 18.6. The van der Waals surface area contributed by atoms with Crippen LogP contribution in [-0.4, -0.2) is 28.2 Å². The van der Waals surface area contributed by atoms with E-state index in [4.69, 9.17) is 0 Å². The van der Waals surface area contributed by atoms with E-state index in [1.807, 2.05) is 0 Å². The number of allylic oxidation sites excluding steroid dienone is 2. The van der Waals surface area contributed by atoms with Gasteiger partial charge in [0.05, 0.1) is 17.6 Å². The van der Waals surface area contributed by atoms with E-state index in [0.29, 0.717) is 30.6 Å². The summed E-state index contributed by atoms with van der Waals surface area (Å²) in [6, 6.07) is 0. The number of unbranched alkanes of at least 4 members (excludes halogenated alkanes) is 1. The van der Waals surface area contributed by atoms with Crippen molar-refractivity contribution in [3.8, 4) is 11.8 Å². The molecule has 5 unspecified atom stereocenters. The number of aliphatic hydroxyl groups excluding tert-OH is 1. The Balaban J connectivity index is 1.68. The van der Waals surface area contributed by atoms with Crippen LogP contribution in [-0.2, 0) is 4.79 Å². The highest BCUT2D eigenvalue weighted by Crippen LogP contribution is 2.57. The van der Waals surface area contributed by atoms with Crippen molar-refractivity contribution in [2.24, 2.45) is 23.7 Å². The van der Waals surface area contributed by atoms with Gasteiger partial charge in [-0.15, -0.1) is 0 Å². The fourth-order valence-electron chi connectivity index (χ4n) is 5.57. The fourth-order valence-corrected chi connectivity index (χ4v) is 5.57. The molecule has 0 saturated heterocycles. The Hall–Kier alpha value is -1.11. The second kappa shape index (κ2) is 8.72. The molecule has 0 bridgehead atoms. The van der Waals surface area contributed by atoms with Crippen LogP contribution >= 0.6 is 0 Å². The number of hydrogen-bond acceptors (Lipinski definition) is 3. The Morgan fingerprint density at radius 1 is 1.19 bits per heavy atom. The van der Waals surface area contributed by atoms with Crippen LogP contribution in [0.2, 0.25) is 0 Å². The Kier molecular flexibility index (Phi) is 6.59. The molecule has 3 nitrogen and oxygen atoms in total. The first-order valence-corrected chi connectivity index (χ1v) is 10.6. The van der Waals surface area contributed by atoms with Crippen molar-refractivity contribution in [1.29, 1.82) is 0 Å². The van der Waals surface area contributed by atoms with Crippen molar-refractivity contribution in [2.45, 2.75) is 89.3 Å². The standard InChI is InChI=1S/C23H34O3/c1-2-17-18(9-4-7-16-24)19-11-12-21(25)20(22(17)19)10-8-15-23(26)13-5-3-6-14-23/h9,16-17,19-22,25-26H,2-7,11-15H2,1H3/b18-9-. The first-order valence-electron chi connectivity index (χ1n) is 10.6. The van der Waals surface area contributed by atoms with Crippen LogP contribution in [0.1, 0.15) is 77.6 Å². The number of rotatable bonds is 5. The van der Waals surface area contributed by atoms with Crippen LogP contribution in [0, 0.1) is 35.5 Å². The minimum Gasteiger partial charge on any atom is -0.392 e. The number of hydrogen-bond donors (Lipinski definition) is 2. The lowest BCUT2D eigenvalue weighted by Crippen LogP contribution is -2.50. The lowest BCUT2D eigenvalue weighted by atomic mass is 9.50. The Bertz CT molecular complexity index is 568. The average molecular weight is 359 g/mol. The maximum absolute atomic E-state index is 10.7. The highest BCUT2D eigenvalue weighted by molar-refractivity contribution is 5.49. The summed E-state index contributed by atoms with van der Waals surface area (Å²) in [5.41, 5.74) is 0.900. The van der Waals surface area contributed by atoms with Gasteiger partial charge < -0.3 is 15.0 Å². The molecule has 3 aliphatic rings. The smallest absolute Gasteiger partial charge is 0.120 e. The Labute approximate surface area is 158 Å². The minimum absolute atomic E-state index is 0.0362.